The van der Waals surface area contributed by atoms with Gasteiger partial charge in [-0.3, -0.25) is 9.59 Å². The van der Waals surface area contributed by atoms with Gasteiger partial charge in [0.1, 0.15) is 0 Å². The highest BCUT2D eigenvalue weighted by Gasteiger charge is 2.12. The highest BCUT2D eigenvalue weighted by atomic mass is 16.4. The second-order valence-electron chi connectivity index (χ2n) is 3.11. The van der Waals surface area contributed by atoms with Crippen LogP contribution in [-0.2, 0) is 4.79 Å². The summed E-state index contributed by atoms with van der Waals surface area (Å²) in [6, 6.07) is 2.32. The molecule has 0 amide bonds. The molecule has 0 aliphatic carbocycles. The molecule has 0 bridgehead atoms. The summed E-state index contributed by atoms with van der Waals surface area (Å²) >= 11 is 0. The number of hydrogen-bond donors (Lipinski definition) is 3. The summed E-state index contributed by atoms with van der Waals surface area (Å²) in [5.74, 6) is -0.955. The molecule has 14 heavy (non-hydrogen) atoms. The summed E-state index contributed by atoms with van der Waals surface area (Å²) < 4.78 is 0. The molecule has 5 heteroatoms. The van der Waals surface area contributed by atoms with Crippen molar-refractivity contribution in [3.63, 3.8) is 0 Å². The number of rotatable bonds is 3. The van der Waals surface area contributed by atoms with Crippen LogP contribution < -0.4 is 11.3 Å². The van der Waals surface area contributed by atoms with Gasteiger partial charge in [-0.25, -0.2) is 0 Å². The van der Waals surface area contributed by atoms with Crippen molar-refractivity contribution in [2.24, 2.45) is 5.73 Å². The first-order valence-electron chi connectivity index (χ1n) is 4.18. The molecule has 76 valence electrons. The quantitative estimate of drug-likeness (QED) is 0.641. The fraction of sp³-hybridized carbons (Fsp3) is 0.333. The van der Waals surface area contributed by atoms with Crippen LogP contribution in [0.2, 0.25) is 0 Å². The third kappa shape index (κ3) is 2.43. The van der Waals surface area contributed by atoms with E-state index < -0.39 is 12.0 Å². The van der Waals surface area contributed by atoms with Crippen LogP contribution in [0.4, 0.5) is 0 Å². The lowest BCUT2D eigenvalue weighted by Gasteiger charge is -2.11. The van der Waals surface area contributed by atoms with Crippen molar-refractivity contribution in [1.82, 2.24) is 4.98 Å². The van der Waals surface area contributed by atoms with Gasteiger partial charge in [0, 0.05) is 17.8 Å². The van der Waals surface area contributed by atoms with Crippen LogP contribution in [0.3, 0.4) is 0 Å². The van der Waals surface area contributed by atoms with Gasteiger partial charge in [-0.05, 0) is 12.5 Å². The first-order chi connectivity index (χ1) is 6.50. The topological polar surface area (TPSA) is 96.2 Å². The number of pyridine rings is 1. The molecule has 0 aliphatic rings. The molecule has 0 aliphatic heterocycles. The minimum Gasteiger partial charge on any atom is -0.481 e. The largest absolute Gasteiger partial charge is 0.481 e. The third-order valence-electron chi connectivity index (χ3n) is 1.95. The maximum atomic E-state index is 10.9. The second-order valence-corrected chi connectivity index (χ2v) is 3.11. The van der Waals surface area contributed by atoms with Crippen LogP contribution in [-0.4, -0.2) is 16.1 Å². The summed E-state index contributed by atoms with van der Waals surface area (Å²) in [6.07, 6.45) is -0.146. The Balaban J connectivity index is 2.95. The third-order valence-corrected chi connectivity index (χ3v) is 1.95. The Labute approximate surface area is 80.6 Å². The summed E-state index contributed by atoms with van der Waals surface area (Å²) in [4.78, 5) is 23.8. The van der Waals surface area contributed by atoms with Gasteiger partial charge in [-0.2, -0.15) is 0 Å². The molecule has 1 atom stereocenters. The van der Waals surface area contributed by atoms with Crippen molar-refractivity contribution < 1.29 is 9.90 Å². The van der Waals surface area contributed by atoms with E-state index in [1.807, 2.05) is 0 Å². The van der Waals surface area contributed by atoms with E-state index in [0.29, 0.717) is 11.3 Å². The molecule has 0 unspecified atom stereocenters. The van der Waals surface area contributed by atoms with Gasteiger partial charge in [0.05, 0.1) is 6.42 Å². The van der Waals surface area contributed by atoms with Crippen LogP contribution in [0.5, 0.6) is 0 Å². The number of aromatic nitrogens is 1. The van der Waals surface area contributed by atoms with Crippen LogP contribution in [0.25, 0.3) is 0 Å². The summed E-state index contributed by atoms with van der Waals surface area (Å²) in [6.45, 7) is 1.69. The zero-order valence-electron chi connectivity index (χ0n) is 7.78. The zero-order valence-corrected chi connectivity index (χ0v) is 7.78. The number of H-pyrrole nitrogens is 1. The molecule has 1 aromatic heterocycles. The molecule has 1 heterocycles. The van der Waals surface area contributed by atoms with E-state index in [9.17, 15) is 9.59 Å². The first-order valence-corrected chi connectivity index (χ1v) is 4.18. The minimum absolute atomic E-state index is 0.146. The van der Waals surface area contributed by atoms with E-state index in [0.717, 1.165) is 0 Å². The summed E-state index contributed by atoms with van der Waals surface area (Å²) in [5, 5.41) is 8.54. The van der Waals surface area contributed by atoms with E-state index in [1.165, 1.54) is 6.07 Å². The highest BCUT2D eigenvalue weighted by molar-refractivity contribution is 5.67. The number of hydrogen-bond acceptors (Lipinski definition) is 3. The van der Waals surface area contributed by atoms with E-state index >= 15 is 0 Å². The number of nitrogens with one attached hydrogen (secondary N) is 1. The van der Waals surface area contributed by atoms with E-state index in [2.05, 4.69) is 4.98 Å². The Bertz CT molecular complexity index is 397. The lowest BCUT2D eigenvalue weighted by atomic mass is 10.0. The number of carboxylic acid groups (broad SMARTS) is 1. The molecule has 0 aromatic carbocycles. The van der Waals surface area contributed by atoms with Gasteiger partial charge in [0.15, 0.2) is 0 Å². The zero-order chi connectivity index (χ0) is 10.7. The molecule has 1 rings (SSSR count). The number of aryl methyl sites for hydroxylation is 1. The normalized spacial score (nSPS) is 12.4. The maximum Gasteiger partial charge on any atom is 0.305 e. The predicted octanol–water partition coefficient (Wildman–Crippen LogP) is 0.158. The predicted molar refractivity (Wildman–Crippen MR) is 51.0 cm³/mol. The lowest BCUT2D eigenvalue weighted by molar-refractivity contribution is -0.137. The molecule has 1 aromatic rings. The van der Waals surface area contributed by atoms with Crippen LogP contribution in [0, 0.1) is 6.92 Å². The Morgan fingerprint density at radius 1 is 1.64 bits per heavy atom. The molecule has 0 spiro atoms. The lowest BCUT2D eigenvalue weighted by Crippen LogP contribution is -2.18. The van der Waals surface area contributed by atoms with Crippen LogP contribution in [0.15, 0.2) is 16.9 Å². The Hall–Kier alpha value is -1.62. The van der Waals surface area contributed by atoms with Gasteiger partial charge in [0.2, 0.25) is 5.56 Å². The van der Waals surface area contributed by atoms with Gasteiger partial charge >= 0.3 is 5.97 Å². The van der Waals surface area contributed by atoms with Gasteiger partial charge in [-0.15, -0.1) is 0 Å². The number of carboxylic acids is 1. The van der Waals surface area contributed by atoms with Crippen molar-refractivity contribution >= 4 is 5.97 Å². The Morgan fingerprint density at radius 3 is 2.79 bits per heavy atom. The maximum absolute atomic E-state index is 10.9. The van der Waals surface area contributed by atoms with Crippen molar-refractivity contribution in [2.45, 2.75) is 19.4 Å². The SMILES string of the molecule is Cc1[nH]c(=O)ccc1[C@H](N)CC(=O)O. The standard InChI is InChI=1S/C9H12N2O3/c1-5-6(2-3-8(12)11-5)7(10)4-9(13)14/h2-3,7H,4,10H2,1H3,(H,11,12)(H,13,14)/t7-/m1/s1. The Morgan fingerprint density at radius 2 is 2.29 bits per heavy atom. The molecule has 5 nitrogen and oxygen atoms in total. The van der Waals surface area contributed by atoms with Crippen molar-refractivity contribution in [1.29, 1.82) is 0 Å². The van der Waals surface area contributed by atoms with Crippen molar-refractivity contribution in [3.8, 4) is 0 Å². The number of nitrogens with two attached hydrogens (primary N) is 1. The van der Waals surface area contributed by atoms with E-state index in [4.69, 9.17) is 10.8 Å². The summed E-state index contributed by atoms with van der Waals surface area (Å²) in [7, 11) is 0. The van der Waals surface area contributed by atoms with Gasteiger partial charge < -0.3 is 15.8 Å². The van der Waals surface area contributed by atoms with E-state index in [-0.39, 0.29) is 12.0 Å². The van der Waals surface area contributed by atoms with Crippen molar-refractivity contribution in [2.75, 3.05) is 0 Å². The van der Waals surface area contributed by atoms with Crippen LogP contribution >= 0.6 is 0 Å². The average Bonchev–Trinajstić information content (AvgIpc) is 2.01. The highest BCUT2D eigenvalue weighted by Crippen LogP contribution is 2.14. The fourth-order valence-corrected chi connectivity index (χ4v) is 1.29. The molecule has 0 fully saturated rings. The molecular formula is C9H12N2O3. The smallest absolute Gasteiger partial charge is 0.305 e. The molecule has 0 radical (unpaired) electrons. The molecule has 0 saturated carbocycles. The fourth-order valence-electron chi connectivity index (χ4n) is 1.29. The first kappa shape index (κ1) is 10.5. The monoisotopic (exact) mass is 196 g/mol. The molecule has 4 N–H and O–H groups in total. The van der Waals surface area contributed by atoms with Gasteiger partial charge in [-0.1, -0.05) is 6.07 Å². The molecule has 0 saturated heterocycles. The number of aromatic amines is 1. The number of carbonyl (C=O) groups is 1. The minimum atomic E-state index is -0.955. The molecular weight excluding hydrogens is 184 g/mol. The van der Waals surface area contributed by atoms with E-state index in [1.54, 1.807) is 13.0 Å². The summed E-state index contributed by atoms with van der Waals surface area (Å²) in [5.41, 5.74) is 6.71. The number of aliphatic carboxylic acids is 1. The second kappa shape index (κ2) is 4.06. The average molecular weight is 196 g/mol. The van der Waals surface area contributed by atoms with Crippen LogP contribution in [0.1, 0.15) is 23.7 Å². The van der Waals surface area contributed by atoms with Gasteiger partial charge in [0.25, 0.3) is 0 Å². The Kier molecular flexibility index (Phi) is 3.03. The van der Waals surface area contributed by atoms with Crippen molar-refractivity contribution in [3.05, 3.63) is 33.7 Å².